The van der Waals surface area contributed by atoms with Crippen LogP contribution in [0.15, 0.2) is 41.1 Å². The van der Waals surface area contributed by atoms with Gasteiger partial charge in [0, 0.05) is 32.5 Å². The van der Waals surface area contributed by atoms with Crippen LogP contribution in [0.2, 0.25) is 0 Å². The zero-order valence-corrected chi connectivity index (χ0v) is 16.0. The molecule has 0 saturated carbocycles. The van der Waals surface area contributed by atoms with Gasteiger partial charge in [0.2, 0.25) is 5.91 Å². The van der Waals surface area contributed by atoms with Gasteiger partial charge in [-0.1, -0.05) is 6.07 Å². The Morgan fingerprint density at radius 2 is 2.11 bits per heavy atom. The fourth-order valence-corrected chi connectivity index (χ4v) is 3.51. The van der Waals surface area contributed by atoms with Gasteiger partial charge in [-0.05, 0) is 62.0 Å². The minimum absolute atomic E-state index is 0.127. The Morgan fingerprint density at radius 1 is 1.30 bits per heavy atom. The summed E-state index contributed by atoms with van der Waals surface area (Å²) in [6, 6.07) is 7.87. The molecule has 0 radical (unpaired) electrons. The molecular formula is C21H29N3O3. The van der Waals surface area contributed by atoms with Crippen molar-refractivity contribution in [1.29, 1.82) is 0 Å². The first-order chi connectivity index (χ1) is 13.2. The number of rotatable bonds is 9. The molecule has 2 aromatic rings. The second kappa shape index (κ2) is 10.2. The van der Waals surface area contributed by atoms with Crippen molar-refractivity contribution < 1.29 is 13.9 Å². The lowest BCUT2D eigenvalue weighted by Gasteiger charge is -2.31. The molecule has 1 aliphatic heterocycles. The predicted molar refractivity (Wildman–Crippen MR) is 103 cm³/mol. The molecule has 6 nitrogen and oxygen atoms in total. The lowest BCUT2D eigenvalue weighted by molar-refractivity contribution is -0.121. The van der Waals surface area contributed by atoms with Crippen LogP contribution in [0.25, 0.3) is 0 Å². The Morgan fingerprint density at radius 3 is 2.85 bits per heavy atom. The molecule has 146 valence electrons. The van der Waals surface area contributed by atoms with Crippen LogP contribution in [-0.2, 0) is 29.2 Å². The summed E-state index contributed by atoms with van der Waals surface area (Å²) in [4.78, 5) is 18.5. The highest BCUT2D eigenvalue weighted by atomic mass is 16.5. The molecular weight excluding hydrogens is 342 g/mol. The monoisotopic (exact) mass is 371 g/mol. The zero-order chi connectivity index (χ0) is 18.9. The van der Waals surface area contributed by atoms with E-state index in [1.807, 2.05) is 24.3 Å². The van der Waals surface area contributed by atoms with E-state index in [1.54, 1.807) is 19.5 Å². The number of ether oxygens (including phenoxy) is 1. The number of carbonyl (C=O) groups is 1. The lowest BCUT2D eigenvalue weighted by atomic mass is 9.92. The topological polar surface area (TPSA) is 67.6 Å². The van der Waals surface area contributed by atoms with Crippen LogP contribution >= 0.6 is 0 Å². The van der Waals surface area contributed by atoms with Crippen molar-refractivity contribution in [2.45, 2.75) is 45.4 Å². The number of likely N-dealkylation sites (tertiary alicyclic amines) is 1. The van der Waals surface area contributed by atoms with Gasteiger partial charge in [-0.15, -0.1) is 0 Å². The van der Waals surface area contributed by atoms with E-state index >= 15 is 0 Å². The Labute approximate surface area is 160 Å². The number of hydrogen-bond donors (Lipinski definition) is 1. The summed E-state index contributed by atoms with van der Waals surface area (Å²) >= 11 is 0. The summed E-state index contributed by atoms with van der Waals surface area (Å²) in [5, 5.41) is 2.98. The Hall–Kier alpha value is -2.18. The summed E-state index contributed by atoms with van der Waals surface area (Å²) in [6.07, 6.45) is 7.37. The van der Waals surface area contributed by atoms with E-state index in [-0.39, 0.29) is 5.91 Å². The molecule has 0 spiro atoms. The summed E-state index contributed by atoms with van der Waals surface area (Å²) < 4.78 is 10.9. The maximum Gasteiger partial charge on any atom is 0.220 e. The smallest absolute Gasteiger partial charge is 0.220 e. The van der Waals surface area contributed by atoms with Gasteiger partial charge in [0.1, 0.15) is 18.1 Å². The minimum atomic E-state index is 0.127. The van der Waals surface area contributed by atoms with Crippen molar-refractivity contribution in [3.05, 3.63) is 53.7 Å². The third kappa shape index (κ3) is 6.48. The lowest BCUT2D eigenvalue weighted by Crippen LogP contribution is -2.33. The number of furan rings is 1. The molecule has 6 heteroatoms. The van der Waals surface area contributed by atoms with Crippen LogP contribution < -0.4 is 5.32 Å². The maximum atomic E-state index is 12.1. The first kappa shape index (κ1) is 19.6. The number of nitrogens with one attached hydrogen (secondary N) is 1. The van der Waals surface area contributed by atoms with Gasteiger partial charge in [-0.3, -0.25) is 14.7 Å². The second-order valence-corrected chi connectivity index (χ2v) is 7.20. The molecule has 1 fully saturated rings. The van der Waals surface area contributed by atoms with Crippen LogP contribution in [-0.4, -0.2) is 36.0 Å². The van der Waals surface area contributed by atoms with Gasteiger partial charge >= 0.3 is 0 Å². The Bertz CT molecular complexity index is 694. The third-order valence-corrected chi connectivity index (χ3v) is 5.08. The normalized spacial score (nSPS) is 15.7. The van der Waals surface area contributed by atoms with Gasteiger partial charge in [0.15, 0.2) is 0 Å². The summed E-state index contributed by atoms with van der Waals surface area (Å²) in [7, 11) is 1.67. The molecule has 0 bridgehead atoms. The van der Waals surface area contributed by atoms with E-state index in [9.17, 15) is 4.79 Å². The van der Waals surface area contributed by atoms with E-state index in [4.69, 9.17) is 9.15 Å². The highest BCUT2D eigenvalue weighted by Crippen LogP contribution is 2.23. The third-order valence-electron chi connectivity index (χ3n) is 5.08. The van der Waals surface area contributed by atoms with E-state index in [1.165, 1.54) is 0 Å². The minimum Gasteiger partial charge on any atom is -0.462 e. The van der Waals surface area contributed by atoms with E-state index in [0.717, 1.165) is 56.0 Å². The van der Waals surface area contributed by atoms with E-state index in [0.29, 0.717) is 25.5 Å². The van der Waals surface area contributed by atoms with E-state index in [2.05, 4.69) is 15.2 Å². The summed E-state index contributed by atoms with van der Waals surface area (Å²) in [6.45, 7) is 4.04. The largest absolute Gasteiger partial charge is 0.462 e. The molecule has 2 aromatic heterocycles. The van der Waals surface area contributed by atoms with Crippen molar-refractivity contribution in [1.82, 2.24) is 15.2 Å². The number of amides is 1. The van der Waals surface area contributed by atoms with Crippen LogP contribution in [0.1, 0.15) is 42.8 Å². The Balaban J connectivity index is 1.31. The molecule has 1 aliphatic rings. The predicted octanol–water partition coefficient (Wildman–Crippen LogP) is 3.13. The summed E-state index contributed by atoms with van der Waals surface area (Å²) in [5.41, 5.74) is 1.03. The highest BCUT2D eigenvalue weighted by Gasteiger charge is 2.20. The first-order valence-electron chi connectivity index (χ1n) is 9.67. The molecule has 0 aromatic carbocycles. The van der Waals surface area contributed by atoms with Gasteiger partial charge in [0.25, 0.3) is 0 Å². The number of piperidine rings is 1. The SMILES string of the molecule is COCc1ccc(CN2CCC(CCC(=O)NCc3cccnc3)CC2)o1. The van der Waals surface area contributed by atoms with Crippen LogP contribution in [0.4, 0.5) is 0 Å². The Kier molecular flexibility index (Phi) is 7.42. The standard InChI is InChI=1S/C21H29N3O3/c1-26-16-20-6-5-19(27-20)15-24-11-8-17(9-12-24)4-7-21(25)23-14-18-3-2-10-22-13-18/h2-3,5-6,10,13,17H,4,7-9,11-12,14-16H2,1H3,(H,23,25). The first-order valence-corrected chi connectivity index (χ1v) is 9.67. The van der Waals surface area contributed by atoms with Crippen molar-refractivity contribution in [3.63, 3.8) is 0 Å². The molecule has 0 atom stereocenters. The fourth-order valence-electron chi connectivity index (χ4n) is 3.51. The van der Waals surface area contributed by atoms with Gasteiger partial charge in [0.05, 0.1) is 6.54 Å². The quantitative estimate of drug-likeness (QED) is 0.733. The van der Waals surface area contributed by atoms with Crippen molar-refractivity contribution in [2.24, 2.45) is 5.92 Å². The number of aromatic nitrogens is 1. The van der Waals surface area contributed by atoms with Crippen LogP contribution in [0.3, 0.4) is 0 Å². The van der Waals surface area contributed by atoms with Crippen LogP contribution in [0, 0.1) is 5.92 Å². The molecule has 1 saturated heterocycles. The molecule has 0 unspecified atom stereocenters. The molecule has 27 heavy (non-hydrogen) atoms. The molecule has 1 N–H and O–H groups in total. The molecule has 1 amide bonds. The fraction of sp³-hybridized carbons (Fsp3) is 0.524. The molecule has 3 heterocycles. The zero-order valence-electron chi connectivity index (χ0n) is 16.0. The van der Waals surface area contributed by atoms with Gasteiger partial charge < -0.3 is 14.5 Å². The van der Waals surface area contributed by atoms with Gasteiger partial charge in [-0.2, -0.15) is 0 Å². The number of carbonyl (C=O) groups excluding carboxylic acids is 1. The number of hydrogen-bond acceptors (Lipinski definition) is 5. The van der Waals surface area contributed by atoms with Crippen molar-refractivity contribution >= 4 is 5.91 Å². The average Bonchev–Trinajstić information content (AvgIpc) is 3.14. The van der Waals surface area contributed by atoms with Crippen molar-refractivity contribution in [2.75, 3.05) is 20.2 Å². The summed E-state index contributed by atoms with van der Waals surface area (Å²) in [5.74, 6) is 2.63. The van der Waals surface area contributed by atoms with Crippen molar-refractivity contribution in [3.8, 4) is 0 Å². The van der Waals surface area contributed by atoms with E-state index < -0.39 is 0 Å². The number of methoxy groups -OCH3 is 1. The molecule has 3 rings (SSSR count). The number of nitrogens with zero attached hydrogens (tertiary/aromatic N) is 2. The van der Waals surface area contributed by atoms with Gasteiger partial charge in [-0.25, -0.2) is 0 Å². The second-order valence-electron chi connectivity index (χ2n) is 7.20. The number of pyridine rings is 1. The maximum absolute atomic E-state index is 12.1. The highest BCUT2D eigenvalue weighted by molar-refractivity contribution is 5.75. The molecule has 0 aliphatic carbocycles. The average molecular weight is 371 g/mol. The van der Waals surface area contributed by atoms with Crippen LogP contribution in [0.5, 0.6) is 0 Å².